The lowest BCUT2D eigenvalue weighted by molar-refractivity contribution is -0.139. The zero-order valence-electron chi connectivity index (χ0n) is 10.0. The van der Waals surface area contributed by atoms with E-state index in [2.05, 4.69) is 19.2 Å². The highest BCUT2D eigenvalue weighted by atomic mass is 32.2. The summed E-state index contributed by atoms with van der Waals surface area (Å²) >= 11 is 1.83. The van der Waals surface area contributed by atoms with Crippen molar-refractivity contribution in [3.8, 4) is 0 Å². The molecule has 1 aliphatic rings. The van der Waals surface area contributed by atoms with Gasteiger partial charge in [0.1, 0.15) is 0 Å². The molecule has 0 aromatic rings. The zero-order chi connectivity index (χ0) is 12.4. The predicted octanol–water partition coefficient (Wildman–Crippen LogP) is 3.45. The van der Waals surface area contributed by atoms with Crippen LogP contribution in [0.2, 0.25) is 0 Å². The van der Waals surface area contributed by atoms with Crippen molar-refractivity contribution in [3.63, 3.8) is 0 Å². The van der Waals surface area contributed by atoms with E-state index in [-0.39, 0.29) is 11.5 Å². The molecule has 0 bridgehead atoms. The van der Waals surface area contributed by atoms with Crippen molar-refractivity contribution in [1.29, 1.82) is 0 Å². The summed E-state index contributed by atoms with van der Waals surface area (Å²) in [5.41, 5.74) is 0.235. The molecule has 0 aromatic heterocycles. The number of hydrogen-bond donors (Lipinski definition) is 1. The van der Waals surface area contributed by atoms with Crippen molar-refractivity contribution in [3.05, 3.63) is 0 Å². The molecular weight excluding hydrogens is 235 g/mol. The Kier molecular flexibility index (Phi) is 4.57. The first-order valence-electron chi connectivity index (χ1n) is 5.58. The van der Waals surface area contributed by atoms with Crippen molar-refractivity contribution < 1.29 is 13.2 Å². The van der Waals surface area contributed by atoms with Crippen molar-refractivity contribution in [2.24, 2.45) is 5.41 Å². The fourth-order valence-corrected chi connectivity index (χ4v) is 3.46. The minimum atomic E-state index is -4.07. The van der Waals surface area contributed by atoms with Gasteiger partial charge in [-0.2, -0.15) is 24.9 Å². The molecular formula is C11H20F3NS. The van der Waals surface area contributed by atoms with Gasteiger partial charge >= 0.3 is 6.18 Å². The van der Waals surface area contributed by atoms with Crippen LogP contribution in [0.1, 0.15) is 33.6 Å². The highest BCUT2D eigenvalue weighted by molar-refractivity contribution is 7.99. The Balaban J connectivity index is 2.36. The van der Waals surface area contributed by atoms with Crippen LogP contribution >= 0.6 is 11.8 Å². The SMILES string of the molecule is CC(CC(F)(F)F)NC1CSCC(C)(C)C1. The molecule has 0 spiro atoms. The van der Waals surface area contributed by atoms with Gasteiger partial charge in [0.25, 0.3) is 0 Å². The predicted molar refractivity (Wildman–Crippen MR) is 62.8 cm³/mol. The fraction of sp³-hybridized carbons (Fsp3) is 1.00. The van der Waals surface area contributed by atoms with Gasteiger partial charge in [0.2, 0.25) is 0 Å². The Morgan fingerprint density at radius 3 is 2.56 bits per heavy atom. The van der Waals surface area contributed by atoms with Gasteiger partial charge in [-0.3, -0.25) is 0 Å². The topological polar surface area (TPSA) is 12.0 Å². The molecule has 2 unspecified atom stereocenters. The summed E-state index contributed by atoms with van der Waals surface area (Å²) in [4.78, 5) is 0. The highest BCUT2D eigenvalue weighted by Gasteiger charge is 2.33. The molecule has 0 aliphatic carbocycles. The average molecular weight is 255 g/mol. The van der Waals surface area contributed by atoms with E-state index in [1.54, 1.807) is 6.92 Å². The monoisotopic (exact) mass is 255 g/mol. The van der Waals surface area contributed by atoms with E-state index in [9.17, 15) is 13.2 Å². The zero-order valence-corrected chi connectivity index (χ0v) is 10.8. The molecule has 96 valence electrons. The molecule has 0 saturated carbocycles. The van der Waals surface area contributed by atoms with Gasteiger partial charge in [0.15, 0.2) is 0 Å². The summed E-state index contributed by atoms with van der Waals surface area (Å²) in [6.45, 7) is 5.95. The van der Waals surface area contributed by atoms with Gasteiger partial charge in [-0.15, -0.1) is 0 Å². The third-order valence-electron chi connectivity index (χ3n) is 2.67. The van der Waals surface area contributed by atoms with Gasteiger partial charge < -0.3 is 5.32 Å². The number of hydrogen-bond acceptors (Lipinski definition) is 2. The number of rotatable bonds is 3. The van der Waals surface area contributed by atoms with Gasteiger partial charge in [-0.1, -0.05) is 13.8 Å². The van der Waals surface area contributed by atoms with Crippen LogP contribution in [-0.4, -0.2) is 29.8 Å². The first-order chi connectivity index (χ1) is 7.18. The van der Waals surface area contributed by atoms with Crippen molar-refractivity contribution in [2.45, 2.75) is 51.9 Å². The molecule has 1 N–H and O–H groups in total. The van der Waals surface area contributed by atoms with Crippen LogP contribution in [0, 0.1) is 5.41 Å². The second kappa shape index (κ2) is 5.17. The lowest BCUT2D eigenvalue weighted by Gasteiger charge is -2.36. The van der Waals surface area contributed by atoms with Crippen molar-refractivity contribution >= 4 is 11.8 Å². The number of nitrogens with one attached hydrogen (secondary N) is 1. The second-order valence-electron chi connectivity index (χ2n) is 5.47. The smallest absolute Gasteiger partial charge is 0.310 e. The first-order valence-corrected chi connectivity index (χ1v) is 6.74. The largest absolute Gasteiger partial charge is 0.390 e. The van der Waals surface area contributed by atoms with Crippen LogP contribution in [0.5, 0.6) is 0 Å². The van der Waals surface area contributed by atoms with Crippen LogP contribution in [-0.2, 0) is 0 Å². The molecule has 0 amide bonds. The van der Waals surface area contributed by atoms with Crippen LogP contribution in [0.25, 0.3) is 0 Å². The normalized spacial score (nSPS) is 27.8. The maximum Gasteiger partial charge on any atom is 0.390 e. The summed E-state index contributed by atoms with van der Waals surface area (Å²) in [7, 11) is 0. The number of alkyl halides is 3. The molecule has 1 heterocycles. The Hall–Kier alpha value is 0.100. The molecule has 1 nitrogen and oxygen atoms in total. The molecule has 1 saturated heterocycles. The molecule has 1 fully saturated rings. The van der Waals surface area contributed by atoms with Gasteiger partial charge in [-0.05, 0) is 24.5 Å². The van der Waals surface area contributed by atoms with E-state index in [0.29, 0.717) is 0 Å². The van der Waals surface area contributed by atoms with Crippen LogP contribution in [0.3, 0.4) is 0 Å². The van der Waals surface area contributed by atoms with Gasteiger partial charge in [0, 0.05) is 17.8 Å². The van der Waals surface area contributed by atoms with Crippen LogP contribution in [0.4, 0.5) is 13.2 Å². The van der Waals surface area contributed by atoms with E-state index < -0.39 is 18.6 Å². The molecule has 16 heavy (non-hydrogen) atoms. The quantitative estimate of drug-likeness (QED) is 0.829. The van der Waals surface area contributed by atoms with E-state index in [1.807, 2.05) is 11.8 Å². The van der Waals surface area contributed by atoms with E-state index in [1.165, 1.54) is 0 Å². The maximum absolute atomic E-state index is 12.2. The van der Waals surface area contributed by atoms with E-state index >= 15 is 0 Å². The maximum atomic E-state index is 12.2. The van der Waals surface area contributed by atoms with Gasteiger partial charge in [-0.25, -0.2) is 0 Å². The summed E-state index contributed by atoms with van der Waals surface area (Å²) in [6, 6.07) is -0.273. The van der Waals surface area contributed by atoms with Crippen molar-refractivity contribution in [1.82, 2.24) is 5.32 Å². The highest BCUT2D eigenvalue weighted by Crippen LogP contribution is 2.34. The Bertz CT molecular complexity index is 228. The van der Waals surface area contributed by atoms with Crippen LogP contribution < -0.4 is 5.32 Å². The minimum absolute atomic E-state index is 0.214. The fourth-order valence-electron chi connectivity index (χ4n) is 2.18. The third kappa shape index (κ3) is 5.43. The summed E-state index contributed by atoms with van der Waals surface area (Å²) < 4.78 is 36.5. The minimum Gasteiger partial charge on any atom is -0.310 e. The third-order valence-corrected chi connectivity index (χ3v) is 4.29. The van der Waals surface area contributed by atoms with Crippen molar-refractivity contribution in [2.75, 3.05) is 11.5 Å². The molecule has 1 rings (SSSR count). The molecule has 5 heteroatoms. The lowest BCUT2D eigenvalue weighted by atomic mass is 9.87. The summed E-state index contributed by atoms with van der Waals surface area (Å²) in [5, 5.41) is 3.09. The standard InChI is InChI=1S/C11H20F3NS/c1-8(4-11(12,13)14)15-9-5-10(2,3)7-16-6-9/h8-9,15H,4-7H2,1-3H3. The number of thioether (sulfide) groups is 1. The molecule has 0 radical (unpaired) electrons. The Morgan fingerprint density at radius 2 is 2.06 bits per heavy atom. The number of halogens is 3. The lowest BCUT2D eigenvalue weighted by Crippen LogP contribution is -2.45. The second-order valence-corrected chi connectivity index (χ2v) is 6.50. The van der Waals surface area contributed by atoms with E-state index in [4.69, 9.17) is 0 Å². The molecule has 1 aliphatic heterocycles. The average Bonchev–Trinajstić information content (AvgIpc) is 1.96. The Labute approximate surface area is 99.6 Å². The first kappa shape index (κ1) is 14.2. The van der Waals surface area contributed by atoms with Gasteiger partial charge in [0.05, 0.1) is 6.42 Å². The molecule has 0 aromatic carbocycles. The van der Waals surface area contributed by atoms with Crippen LogP contribution in [0.15, 0.2) is 0 Å². The summed E-state index contributed by atoms with van der Waals surface area (Å²) in [5.74, 6) is 2.02. The molecule has 2 atom stereocenters. The Morgan fingerprint density at radius 1 is 1.44 bits per heavy atom. The summed E-state index contributed by atoms with van der Waals surface area (Å²) in [6.07, 6.45) is -3.85. The van der Waals surface area contributed by atoms with E-state index in [0.717, 1.165) is 17.9 Å².